The summed E-state index contributed by atoms with van der Waals surface area (Å²) < 4.78 is 1.77. The van der Waals surface area contributed by atoms with Crippen molar-refractivity contribution in [3.8, 4) is 0 Å². The Hall–Kier alpha value is -1.36. The van der Waals surface area contributed by atoms with Gasteiger partial charge in [0, 0.05) is 18.8 Å². The second-order valence-corrected chi connectivity index (χ2v) is 4.62. The molecule has 1 aromatic heterocycles. The van der Waals surface area contributed by atoms with Gasteiger partial charge in [0.2, 0.25) is 0 Å². The van der Waals surface area contributed by atoms with Gasteiger partial charge in [0.25, 0.3) is 5.91 Å². The summed E-state index contributed by atoms with van der Waals surface area (Å²) in [7, 11) is 0. The number of nitrogens with two attached hydrogens (primary N) is 1. The summed E-state index contributed by atoms with van der Waals surface area (Å²) in [6, 6.07) is 2.38. The minimum Gasteiger partial charge on any atom is -0.364 e. The molecule has 0 aliphatic heterocycles. The van der Waals surface area contributed by atoms with Gasteiger partial charge < -0.3 is 11.1 Å². The number of primary amides is 1. The number of nitrogens with zero attached hydrogens (tertiary/aromatic N) is 2. The van der Waals surface area contributed by atoms with Crippen LogP contribution in [0.4, 0.5) is 0 Å². The molecule has 1 aliphatic rings. The summed E-state index contributed by atoms with van der Waals surface area (Å²) in [5.41, 5.74) is 5.48. The summed E-state index contributed by atoms with van der Waals surface area (Å²) in [5, 5.41) is 7.64. The van der Waals surface area contributed by atoms with Crippen molar-refractivity contribution in [3.63, 3.8) is 0 Å². The highest BCUT2D eigenvalue weighted by atomic mass is 16.1. The first-order valence-electron chi connectivity index (χ1n) is 6.32. The van der Waals surface area contributed by atoms with E-state index in [1.165, 1.54) is 25.7 Å². The molecule has 1 aliphatic carbocycles. The molecular weight excluding hydrogens is 216 g/mol. The predicted molar refractivity (Wildman–Crippen MR) is 65.6 cm³/mol. The smallest absolute Gasteiger partial charge is 0.269 e. The quantitative estimate of drug-likeness (QED) is 0.721. The van der Waals surface area contributed by atoms with E-state index < -0.39 is 5.91 Å². The van der Waals surface area contributed by atoms with Gasteiger partial charge in [-0.15, -0.1) is 0 Å². The molecule has 1 heterocycles. The average molecular weight is 236 g/mol. The predicted octanol–water partition coefficient (Wildman–Crippen LogP) is 0.904. The van der Waals surface area contributed by atoms with Crippen LogP contribution >= 0.6 is 0 Å². The van der Waals surface area contributed by atoms with Crippen molar-refractivity contribution in [2.24, 2.45) is 5.73 Å². The standard InChI is InChI=1S/C12H20N4O/c13-12(17)11-6-9-16(15-11)8-3-7-14-10-4-1-2-5-10/h6,9-10,14H,1-5,7-8H2,(H2,13,17). The van der Waals surface area contributed by atoms with E-state index in [-0.39, 0.29) is 0 Å². The first-order valence-corrected chi connectivity index (χ1v) is 6.32. The number of aryl methyl sites for hydroxylation is 1. The molecule has 0 spiro atoms. The Morgan fingerprint density at radius 1 is 1.53 bits per heavy atom. The van der Waals surface area contributed by atoms with Crippen LogP contribution in [0.1, 0.15) is 42.6 Å². The number of hydrogen-bond acceptors (Lipinski definition) is 3. The zero-order valence-electron chi connectivity index (χ0n) is 10.1. The molecule has 5 heteroatoms. The maximum atomic E-state index is 10.9. The van der Waals surface area contributed by atoms with Gasteiger partial charge in [-0.1, -0.05) is 12.8 Å². The Morgan fingerprint density at radius 2 is 2.29 bits per heavy atom. The number of aromatic nitrogens is 2. The third-order valence-electron chi connectivity index (χ3n) is 3.25. The molecule has 0 unspecified atom stereocenters. The summed E-state index contributed by atoms with van der Waals surface area (Å²) in [4.78, 5) is 10.9. The van der Waals surface area contributed by atoms with Gasteiger partial charge in [0.05, 0.1) is 0 Å². The number of hydrogen-bond donors (Lipinski definition) is 2. The molecule has 1 fully saturated rings. The van der Waals surface area contributed by atoms with E-state index in [1.807, 2.05) is 0 Å². The van der Waals surface area contributed by atoms with Crippen molar-refractivity contribution in [2.45, 2.75) is 44.7 Å². The highest BCUT2D eigenvalue weighted by molar-refractivity contribution is 5.90. The van der Waals surface area contributed by atoms with Crippen LogP contribution in [0.15, 0.2) is 12.3 Å². The van der Waals surface area contributed by atoms with E-state index in [4.69, 9.17) is 5.73 Å². The van der Waals surface area contributed by atoms with Crippen molar-refractivity contribution < 1.29 is 4.79 Å². The molecule has 0 radical (unpaired) electrons. The zero-order chi connectivity index (χ0) is 12.1. The van der Waals surface area contributed by atoms with Crippen molar-refractivity contribution in [1.29, 1.82) is 0 Å². The van der Waals surface area contributed by atoms with E-state index in [1.54, 1.807) is 16.9 Å². The lowest BCUT2D eigenvalue weighted by molar-refractivity contribution is 0.0994. The molecule has 1 amide bonds. The second-order valence-electron chi connectivity index (χ2n) is 4.62. The van der Waals surface area contributed by atoms with Crippen LogP contribution in [0.25, 0.3) is 0 Å². The van der Waals surface area contributed by atoms with Gasteiger partial charge in [-0.3, -0.25) is 9.48 Å². The van der Waals surface area contributed by atoms with Crippen molar-refractivity contribution >= 4 is 5.91 Å². The molecule has 1 aromatic rings. The molecule has 17 heavy (non-hydrogen) atoms. The number of rotatable bonds is 6. The van der Waals surface area contributed by atoms with Gasteiger partial charge in [0.15, 0.2) is 0 Å². The summed E-state index contributed by atoms with van der Waals surface area (Å²) >= 11 is 0. The Bertz CT molecular complexity index is 368. The number of carbonyl (C=O) groups excluding carboxylic acids is 1. The van der Waals surface area contributed by atoms with Crippen LogP contribution in [0.5, 0.6) is 0 Å². The van der Waals surface area contributed by atoms with Crippen molar-refractivity contribution in [2.75, 3.05) is 6.54 Å². The fourth-order valence-electron chi connectivity index (χ4n) is 2.29. The van der Waals surface area contributed by atoms with Crippen molar-refractivity contribution in [1.82, 2.24) is 15.1 Å². The Morgan fingerprint density at radius 3 is 2.94 bits per heavy atom. The molecular formula is C12H20N4O. The van der Waals surface area contributed by atoms with Crippen LogP contribution in [0.2, 0.25) is 0 Å². The molecule has 2 rings (SSSR count). The van der Waals surface area contributed by atoms with E-state index >= 15 is 0 Å². The Kier molecular flexibility index (Phi) is 4.14. The maximum Gasteiger partial charge on any atom is 0.269 e. The molecule has 5 nitrogen and oxygen atoms in total. The highest BCUT2D eigenvalue weighted by Gasteiger charge is 2.13. The fraction of sp³-hybridized carbons (Fsp3) is 0.667. The zero-order valence-corrected chi connectivity index (χ0v) is 10.1. The molecule has 1 saturated carbocycles. The van der Waals surface area contributed by atoms with Gasteiger partial charge in [-0.05, 0) is 31.9 Å². The molecule has 0 aromatic carbocycles. The van der Waals surface area contributed by atoms with E-state index in [0.29, 0.717) is 11.7 Å². The lowest BCUT2D eigenvalue weighted by atomic mass is 10.2. The summed E-state index contributed by atoms with van der Waals surface area (Å²) in [6.45, 7) is 1.84. The minimum atomic E-state index is -0.465. The van der Waals surface area contributed by atoms with E-state index in [2.05, 4.69) is 10.4 Å². The van der Waals surface area contributed by atoms with Crippen LogP contribution in [-0.4, -0.2) is 28.3 Å². The lowest BCUT2D eigenvalue weighted by Crippen LogP contribution is -2.27. The molecule has 0 saturated heterocycles. The fourth-order valence-corrected chi connectivity index (χ4v) is 2.29. The highest BCUT2D eigenvalue weighted by Crippen LogP contribution is 2.17. The van der Waals surface area contributed by atoms with Crippen LogP contribution in [0, 0.1) is 0 Å². The molecule has 0 bridgehead atoms. The summed E-state index contributed by atoms with van der Waals surface area (Å²) in [5.74, 6) is -0.465. The normalized spacial score (nSPS) is 16.5. The lowest BCUT2D eigenvalue weighted by Gasteiger charge is -2.11. The first kappa shape index (κ1) is 12.1. The number of amides is 1. The van der Waals surface area contributed by atoms with Crippen molar-refractivity contribution in [3.05, 3.63) is 18.0 Å². The Labute approximate surface area is 101 Å². The second kappa shape index (κ2) is 5.82. The Balaban J connectivity index is 1.65. The maximum absolute atomic E-state index is 10.9. The average Bonchev–Trinajstić information content (AvgIpc) is 2.96. The first-order chi connectivity index (χ1) is 8.25. The van der Waals surface area contributed by atoms with Crippen LogP contribution < -0.4 is 11.1 Å². The number of carbonyl (C=O) groups is 1. The minimum absolute atomic E-state index is 0.341. The van der Waals surface area contributed by atoms with Gasteiger partial charge >= 0.3 is 0 Å². The van der Waals surface area contributed by atoms with Crippen LogP contribution in [0.3, 0.4) is 0 Å². The van der Waals surface area contributed by atoms with E-state index in [9.17, 15) is 4.79 Å². The topological polar surface area (TPSA) is 72.9 Å². The van der Waals surface area contributed by atoms with Gasteiger partial charge in [0.1, 0.15) is 5.69 Å². The molecule has 3 N–H and O–H groups in total. The third kappa shape index (κ3) is 3.56. The third-order valence-corrected chi connectivity index (χ3v) is 3.25. The van der Waals surface area contributed by atoms with Gasteiger partial charge in [-0.25, -0.2) is 0 Å². The van der Waals surface area contributed by atoms with Gasteiger partial charge in [-0.2, -0.15) is 5.10 Å². The summed E-state index contributed by atoms with van der Waals surface area (Å²) in [6.07, 6.45) is 8.17. The van der Waals surface area contributed by atoms with Crippen LogP contribution in [-0.2, 0) is 6.54 Å². The number of nitrogens with one attached hydrogen (secondary N) is 1. The van der Waals surface area contributed by atoms with E-state index in [0.717, 1.165) is 19.5 Å². The molecule has 0 atom stereocenters. The molecule has 94 valence electrons. The largest absolute Gasteiger partial charge is 0.364 e. The SMILES string of the molecule is NC(=O)c1ccn(CCCNC2CCCC2)n1. The monoisotopic (exact) mass is 236 g/mol.